The molecular weight excluding hydrogens is 442 g/mol. The Kier molecular flexibility index (Phi) is 8.27. The summed E-state index contributed by atoms with van der Waals surface area (Å²) < 4.78 is 4.97. The third-order valence-corrected chi connectivity index (χ3v) is 5.72. The Balaban J connectivity index is 0.000000286. The van der Waals surface area contributed by atoms with Gasteiger partial charge in [0.25, 0.3) is 0 Å². The highest BCUT2D eigenvalue weighted by Gasteiger charge is 2.21. The molecule has 0 unspecified atom stereocenters. The van der Waals surface area contributed by atoms with E-state index in [0.29, 0.717) is 0 Å². The first-order valence-corrected chi connectivity index (χ1v) is 10.9. The zero-order valence-corrected chi connectivity index (χ0v) is 19.3. The molecular formula is C25H26ClN3O4. The van der Waals surface area contributed by atoms with Gasteiger partial charge in [0, 0.05) is 31.9 Å². The highest BCUT2D eigenvalue weighted by atomic mass is 35.5. The normalized spacial score (nSPS) is 13.1. The fraction of sp³-hybridized carbons (Fsp3) is 0.240. The molecule has 172 valence electrons. The van der Waals surface area contributed by atoms with Crippen LogP contribution in [0.4, 0.5) is 17.1 Å². The summed E-state index contributed by atoms with van der Waals surface area (Å²) in [4.78, 5) is 26.3. The number of aromatic carboxylic acids is 1. The van der Waals surface area contributed by atoms with Crippen LogP contribution in [-0.4, -0.2) is 44.4 Å². The van der Waals surface area contributed by atoms with E-state index in [0.717, 1.165) is 48.3 Å². The van der Waals surface area contributed by atoms with Crippen LogP contribution in [0.3, 0.4) is 0 Å². The molecule has 0 radical (unpaired) electrons. The summed E-state index contributed by atoms with van der Waals surface area (Å²) in [5, 5.41) is 12.7. The number of nitroso groups, excluding NO2 is 1. The van der Waals surface area contributed by atoms with E-state index in [2.05, 4.69) is 21.9 Å². The van der Waals surface area contributed by atoms with Gasteiger partial charge in [-0.2, -0.15) is 0 Å². The number of anilines is 2. The minimum absolute atomic E-state index is 0.0547. The molecule has 1 aliphatic rings. The fourth-order valence-electron chi connectivity index (χ4n) is 3.56. The van der Waals surface area contributed by atoms with Crippen molar-refractivity contribution in [2.75, 3.05) is 43.1 Å². The number of benzene rings is 3. The van der Waals surface area contributed by atoms with E-state index in [1.807, 2.05) is 48.5 Å². The third-order valence-electron chi connectivity index (χ3n) is 5.40. The van der Waals surface area contributed by atoms with Gasteiger partial charge in [-0.05, 0) is 54.6 Å². The van der Waals surface area contributed by atoms with E-state index in [1.165, 1.54) is 17.7 Å². The number of para-hydroxylation sites is 1. The Morgan fingerprint density at radius 3 is 2.18 bits per heavy atom. The van der Waals surface area contributed by atoms with Crippen molar-refractivity contribution < 1.29 is 14.6 Å². The quantitative estimate of drug-likeness (QED) is 0.480. The van der Waals surface area contributed by atoms with Crippen molar-refractivity contribution in [1.29, 1.82) is 0 Å². The van der Waals surface area contributed by atoms with Crippen molar-refractivity contribution in [3.8, 4) is 5.75 Å². The number of nitrogens with zero attached hydrogens (tertiary/aromatic N) is 3. The van der Waals surface area contributed by atoms with Crippen LogP contribution >= 0.6 is 11.6 Å². The van der Waals surface area contributed by atoms with Crippen molar-refractivity contribution in [3.05, 3.63) is 87.8 Å². The number of ether oxygens (including phenoxy) is 1. The Hall–Kier alpha value is -3.58. The van der Waals surface area contributed by atoms with Crippen LogP contribution in [0.1, 0.15) is 15.9 Å². The van der Waals surface area contributed by atoms with Crippen molar-refractivity contribution in [2.24, 2.45) is 5.18 Å². The largest absolute Gasteiger partial charge is 0.497 e. The highest BCUT2D eigenvalue weighted by Crippen LogP contribution is 2.29. The van der Waals surface area contributed by atoms with Crippen LogP contribution in [0, 0.1) is 11.8 Å². The standard InChI is InChI=1S/C17H16ClN3O3.C8H10O/c18-14-3-1-2-4-16(14)21-9-7-20(8-10-21)12-5-6-15(19-24)13(11-12)17(22)23;1-7-3-5-8(9-2)6-4-7/h1-6,11H,7-10H2,(H,22,23);3-6H,1-2H3. The molecule has 3 aromatic rings. The topological polar surface area (TPSA) is 82.4 Å². The number of carboxylic acids is 1. The molecule has 4 rings (SSSR count). The van der Waals surface area contributed by atoms with Crippen LogP contribution < -0.4 is 14.5 Å². The molecule has 33 heavy (non-hydrogen) atoms. The first-order valence-electron chi connectivity index (χ1n) is 10.5. The summed E-state index contributed by atoms with van der Waals surface area (Å²) in [7, 11) is 1.67. The Labute approximate surface area is 198 Å². The zero-order chi connectivity index (χ0) is 23.8. The smallest absolute Gasteiger partial charge is 0.338 e. The molecule has 1 heterocycles. The summed E-state index contributed by atoms with van der Waals surface area (Å²) in [5.74, 6) is -0.234. The first-order chi connectivity index (χ1) is 15.9. The molecule has 1 fully saturated rings. The molecule has 0 amide bonds. The summed E-state index contributed by atoms with van der Waals surface area (Å²) in [6.45, 7) is 5.08. The fourth-order valence-corrected chi connectivity index (χ4v) is 3.81. The van der Waals surface area contributed by atoms with Crippen LogP contribution in [0.15, 0.2) is 71.9 Å². The number of methoxy groups -OCH3 is 1. The zero-order valence-electron chi connectivity index (χ0n) is 18.6. The maximum atomic E-state index is 11.2. The lowest BCUT2D eigenvalue weighted by atomic mass is 10.1. The van der Waals surface area contributed by atoms with E-state index in [9.17, 15) is 14.8 Å². The van der Waals surface area contributed by atoms with Crippen LogP contribution in [-0.2, 0) is 0 Å². The molecule has 0 bridgehead atoms. The Morgan fingerprint density at radius 1 is 0.970 bits per heavy atom. The predicted molar refractivity (Wildman–Crippen MR) is 132 cm³/mol. The molecule has 0 aliphatic carbocycles. The van der Waals surface area contributed by atoms with E-state index in [4.69, 9.17) is 16.3 Å². The molecule has 0 aromatic heterocycles. The number of rotatable bonds is 5. The lowest BCUT2D eigenvalue weighted by molar-refractivity contribution is 0.0698. The second-order valence-electron chi connectivity index (χ2n) is 7.54. The van der Waals surface area contributed by atoms with Crippen molar-refractivity contribution >= 4 is 34.6 Å². The molecule has 0 spiro atoms. The number of aryl methyl sites for hydroxylation is 1. The lowest BCUT2D eigenvalue weighted by Crippen LogP contribution is -2.46. The monoisotopic (exact) mass is 467 g/mol. The predicted octanol–water partition coefficient (Wildman–Crippen LogP) is 5.77. The van der Waals surface area contributed by atoms with Gasteiger partial charge in [0.1, 0.15) is 11.4 Å². The van der Waals surface area contributed by atoms with Gasteiger partial charge in [-0.25, -0.2) is 4.79 Å². The lowest BCUT2D eigenvalue weighted by Gasteiger charge is -2.37. The minimum Gasteiger partial charge on any atom is -0.497 e. The average Bonchev–Trinajstić information content (AvgIpc) is 2.85. The molecule has 1 saturated heterocycles. The van der Waals surface area contributed by atoms with Crippen molar-refractivity contribution in [1.82, 2.24) is 0 Å². The SMILES string of the molecule is COc1ccc(C)cc1.O=Nc1ccc(N2CCN(c3ccccc3Cl)CC2)cc1C(=O)O. The molecule has 1 aliphatic heterocycles. The van der Waals surface area contributed by atoms with Gasteiger partial charge in [0.2, 0.25) is 0 Å². The molecule has 0 saturated carbocycles. The van der Waals surface area contributed by atoms with Gasteiger partial charge >= 0.3 is 5.97 Å². The molecule has 0 atom stereocenters. The molecule has 8 heteroatoms. The van der Waals surface area contributed by atoms with Crippen LogP contribution in [0.2, 0.25) is 5.02 Å². The molecule has 1 N–H and O–H groups in total. The van der Waals surface area contributed by atoms with Gasteiger partial charge in [0.15, 0.2) is 0 Å². The number of carbonyl (C=O) groups is 1. The van der Waals surface area contributed by atoms with E-state index in [-0.39, 0.29) is 11.3 Å². The maximum absolute atomic E-state index is 11.2. The van der Waals surface area contributed by atoms with Gasteiger partial charge in [-0.1, -0.05) is 41.4 Å². The van der Waals surface area contributed by atoms with Gasteiger partial charge in [-0.3, -0.25) is 0 Å². The number of hydrogen-bond donors (Lipinski definition) is 1. The Bertz CT molecular complexity index is 1100. The average molecular weight is 468 g/mol. The summed E-state index contributed by atoms with van der Waals surface area (Å²) >= 11 is 6.24. The van der Waals surface area contributed by atoms with E-state index < -0.39 is 5.97 Å². The second-order valence-corrected chi connectivity index (χ2v) is 7.95. The van der Waals surface area contributed by atoms with Crippen molar-refractivity contribution in [3.63, 3.8) is 0 Å². The highest BCUT2D eigenvalue weighted by molar-refractivity contribution is 6.33. The molecule has 3 aromatic carbocycles. The first kappa shape index (κ1) is 24.1. The number of hydrogen-bond acceptors (Lipinski definition) is 6. The van der Waals surface area contributed by atoms with Gasteiger partial charge in [-0.15, -0.1) is 4.91 Å². The van der Waals surface area contributed by atoms with E-state index >= 15 is 0 Å². The van der Waals surface area contributed by atoms with Crippen LogP contribution in [0.5, 0.6) is 5.75 Å². The van der Waals surface area contributed by atoms with Crippen molar-refractivity contribution in [2.45, 2.75) is 6.92 Å². The van der Waals surface area contributed by atoms with Gasteiger partial charge in [0.05, 0.1) is 23.4 Å². The Morgan fingerprint density at radius 2 is 1.61 bits per heavy atom. The summed E-state index contributed by atoms with van der Waals surface area (Å²) in [6, 6.07) is 20.4. The number of carboxylic acid groups (broad SMARTS) is 1. The number of halogens is 1. The minimum atomic E-state index is -1.15. The third kappa shape index (κ3) is 6.23. The summed E-state index contributed by atoms with van der Waals surface area (Å²) in [6.07, 6.45) is 0. The van der Waals surface area contributed by atoms with Crippen LogP contribution in [0.25, 0.3) is 0 Å². The second kappa shape index (κ2) is 11.3. The van der Waals surface area contributed by atoms with E-state index in [1.54, 1.807) is 13.2 Å². The molecule has 7 nitrogen and oxygen atoms in total. The number of piperazine rings is 1. The van der Waals surface area contributed by atoms with Gasteiger partial charge < -0.3 is 19.6 Å². The maximum Gasteiger partial charge on any atom is 0.338 e. The summed E-state index contributed by atoms with van der Waals surface area (Å²) in [5.41, 5.74) is 2.91.